The molecule has 2 unspecified atom stereocenters. The Bertz CT molecular complexity index is 839. The van der Waals surface area contributed by atoms with Crippen LogP contribution in [-0.2, 0) is 11.3 Å². The van der Waals surface area contributed by atoms with E-state index in [2.05, 4.69) is 84.0 Å². The van der Waals surface area contributed by atoms with E-state index in [-0.39, 0.29) is 30.0 Å². The van der Waals surface area contributed by atoms with E-state index in [0.29, 0.717) is 19.1 Å². The summed E-state index contributed by atoms with van der Waals surface area (Å²) in [5.41, 5.74) is 3.60. The molecule has 0 bridgehead atoms. The molecular weight excluding hydrogens is 515 g/mol. The molecule has 0 radical (unpaired) electrons. The van der Waals surface area contributed by atoms with Gasteiger partial charge in [0.25, 0.3) is 0 Å². The number of guanidine groups is 1. The average molecular weight is 553 g/mol. The van der Waals surface area contributed by atoms with Gasteiger partial charge in [0, 0.05) is 38.2 Å². The molecular formula is C25H37IN4O2. The fourth-order valence-electron chi connectivity index (χ4n) is 3.73. The lowest BCUT2D eigenvalue weighted by Crippen LogP contribution is -2.41. The lowest BCUT2D eigenvalue weighted by Gasteiger charge is -2.26. The number of aliphatic imine (C=N–C) groups is 1. The van der Waals surface area contributed by atoms with Crippen molar-refractivity contribution in [2.45, 2.75) is 25.9 Å². The Balaban J connectivity index is 0.00000363. The molecule has 1 aliphatic rings. The van der Waals surface area contributed by atoms with Gasteiger partial charge in [-0.3, -0.25) is 4.99 Å². The van der Waals surface area contributed by atoms with Crippen LogP contribution in [-0.4, -0.2) is 58.4 Å². The van der Waals surface area contributed by atoms with E-state index in [4.69, 9.17) is 9.47 Å². The molecule has 7 heteroatoms. The molecule has 3 rings (SSSR count). The fraction of sp³-hybridized carbons (Fsp3) is 0.480. The summed E-state index contributed by atoms with van der Waals surface area (Å²) in [6.07, 6.45) is 1.07. The van der Waals surface area contributed by atoms with E-state index in [1.165, 1.54) is 11.1 Å². The van der Waals surface area contributed by atoms with Gasteiger partial charge in [0.2, 0.25) is 0 Å². The second-order valence-electron chi connectivity index (χ2n) is 8.35. The summed E-state index contributed by atoms with van der Waals surface area (Å²) >= 11 is 0. The molecule has 2 atom stereocenters. The van der Waals surface area contributed by atoms with Crippen molar-refractivity contribution in [3.05, 3.63) is 65.2 Å². The highest BCUT2D eigenvalue weighted by Gasteiger charge is 2.17. The first kappa shape index (κ1) is 26.4. The largest absolute Gasteiger partial charge is 0.493 e. The number of nitrogens with zero attached hydrogens (tertiary/aromatic N) is 2. The van der Waals surface area contributed by atoms with E-state index in [1.54, 1.807) is 7.05 Å². The van der Waals surface area contributed by atoms with Crippen LogP contribution in [0.15, 0.2) is 53.5 Å². The maximum absolute atomic E-state index is 6.17. The van der Waals surface area contributed by atoms with Gasteiger partial charge in [0.05, 0.1) is 19.3 Å². The van der Waals surface area contributed by atoms with Crippen LogP contribution in [0, 0.1) is 12.8 Å². The predicted molar refractivity (Wildman–Crippen MR) is 142 cm³/mol. The summed E-state index contributed by atoms with van der Waals surface area (Å²) in [6.45, 7) is 5.84. The summed E-state index contributed by atoms with van der Waals surface area (Å²) in [6, 6.07) is 17.1. The average Bonchev–Trinajstić information content (AvgIpc) is 3.29. The molecule has 2 N–H and O–H groups in total. The van der Waals surface area contributed by atoms with E-state index in [1.807, 2.05) is 6.07 Å². The van der Waals surface area contributed by atoms with Crippen molar-refractivity contribution in [1.29, 1.82) is 0 Å². The minimum atomic E-state index is 0. The van der Waals surface area contributed by atoms with Crippen molar-refractivity contribution in [2.24, 2.45) is 10.9 Å². The van der Waals surface area contributed by atoms with Gasteiger partial charge in [0.15, 0.2) is 5.96 Å². The minimum Gasteiger partial charge on any atom is -0.493 e. The third-order valence-electron chi connectivity index (χ3n) is 5.66. The van der Waals surface area contributed by atoms with Gasteiger partial charge in [-0.25, -0.2) is 0 Å². The number of nitrogens with one attached hydrogen (secondary N) is 2. The standard InChI is InChI=1S/C25H36N4O2.HI/c1-19-10-11-22(24(14-19)31-18-20-12-13-30-17-20)15-27-25(26-2)28-16-23(29(3)4)21-8-6-5-7-9-21;/h5-11,14,20,23H,12-13,15-18H2,1-4H3,(H2,26,27,28);1H. The molecule has 1 heterocycles. The molecule has 1 fully saturated rings. The highest BCUT2D eigenvalue weighted by molar-refractivity contribution is 14.0. The lowest BCUT2D eigenvalue weighted by molar-refractivity contribution is 0.166. The quantitative estimate of drug-likeness (QED) is 0.280. The number of hydrogen-bond acceptors (Lipinski definition) is 4. The van der Waals surface area contributed by atoms with Crippen molar-refractivity contribution < 1.29 is 9.47 Å². The normalized spacial score (nSPS) is 17.0. The van der Waals surface area contributed by atoms with Crippen molar-refractivity contribution in [3.8, 4) is 5.75 Å². The molecule has 0 spiro atoms. The van der Waals surface area contributed by atoms with Crippen molar-refractivity contribution in [2.75, 3.05) is 47.5 Å². The molecule has 0 aromatic heterocycles. The van der Waals surface area contributed by atoms with Crippen molar-refractivity contribution >= 4 is 29.9 Å². The molecule has 1 aliphatic heterocycles. The van der Waals surface area contributed by atoms with Crippen LogP contribution in [0.3, 0.4) is 0 Å². The Morgan fingerprint density at radius 2 is 1.97 bits per heavy atom. The van der Waals surface area contributed by atoms with E-state index in [0.717, 1.165) is 43.5 Å². The SMILES string of the molecule is CN=C(NCc1ccc(C)cc1OCC1CCOC1)NCC(c1ccccc1)N(C)C.I. The first-order valence-electron chi connectivity index (χ1n) is 11.0. The molecule has 0 aliphatic carbocycles. The van der Waals surface area contributed by atoms with Gasteiger partial charge >= 0.3 is 0 Å². The maximum atomic E-state index is 6.17. The highest BCUT2D eigenvalue weighted by Crippen LogP contribution is 2.23. The summed E-state index contributed by atoms with van der Waals surface area (Å²) < 4.78 is 11.6. The first-order valence-corrected chi connectivity index (χ1v) is 11.0. The number of aryl methyl sites for hydroxylation is 1. The van der Waals surface area contributed by atoms with Gasteiger partial charge in [-0.05, 0) is 44.6 Å². The number of rotatable bonds is 9. The Hall–Kier alpha value is -1.84. The van der Waals surface area contributed by atoms with Crippen LogP contribution in [0.4, 0.5) is 0 Å². The monoisotopic (exact) mass is 552 g/mol. The summed E-state index contributed by atoms with van der Waals surface area (Å²) in [7, 11) is 6.00. The van der Waals surface area contributed by atoms with E-state index >= 15 is 0 Å². The van der Waals surface area contributed by atoms with Gasteiger partial charge in [-0.1, -0.05) is 42.5 Å². The highest BCUT2D eigenvalue weighted by atomic mass is 127. The fourth-order valence-corrected chi connectivity index (χ4v) is 3.73. The summed E-state index contributed by atoms with van der Waals surface area (Å²) in [4.78, 5) is 6.62. The number of hydrogen-bond donors (Lipinski definition) is 2. The Labute approximate surface area is 209 Å². The van der Waals surface area contributed by atoms with Crippen LogP contribution < -0.4 is 15.4 Å². The first-order chi connectivity index (χ1) is 15.1. The second-order valence-corrected chi connectivity index (χ2v) is 8.35. The Morgan fingerprint density at radius 3 is 2.62 bits per heavy atom. The summed E-state index contributed by atoms with van der Waals surface area (Å²) in [5, 5.41) is 6.90. The van der Waals surface area contributed by atoms with E-state index in [9.17, 15) is 0 Å². The molecule has 0 saturated carbocycles. The molecule has 176 valence electrons. The van der Waals surface area contributed by atoms with Gasteiger partial charge in [-0.2, -0.15) is 0 Å². The van der Waals surface area contributed by atoms with Gasteiger partial charge in [0.1, 0.15) is 5.75 Å². The molecule has 2 aromatic rings. The van der Waals surface area contributed by atoms with E-state index < -0.39 is 0 Å². The van der Waals surface area contributed by atoms with Crippen LogP contribution in [0.1, 0.15) is 29.2 Å². The predicted octanol–water partition coefficient (Wildman–Crippen LogP) is 4.00. The van der Waals surface area contributed by atoms with Gasteiger partial charge in [-0.15, -0.1) is 24.0 Å². The molecule has 2 aromatic carbocycles. The molecule has 6 nitrogen and oxygen atoms in total. The molecule has 1 saturated heterocycles. The smallest absolute Gasteiger partial charge is 0.191 e. The van der Waals surface area contributed by atoms with Crippen LogP contribution >= 0.6 is 24.0 Å². The number of ether oxygens (including phenoxy) is 2. The number of likely N-dealkylation sites (N-methyl/N-ethyl adjacent to an activating group) is 1. The third kappa shape index (κ3) is 7.94. The molecule has 0 amide bonds. The Kier molecular flexibility index (Phi) is 11.3. The van der Waals surface area contributed by atoms with Crippen LogP contribution in [0.25, 0.3) is 0 Å². The summed E-state index contributed by atoms with van der Waals surface area (Å²) in [5.74, 6) is 2.19. The number of benzene rings is 2. The topological polar surface area (TPSA) is 58.1 Å². The second kappa shape index (κ2) is 13.6. The van der Waals surface area contributed by atoms with Crippen molar-refractivity contribution in [1.82, 2.24) is 15.5 Å². The number of halogens is 1. The maximum Gasteiger partial charge on any atom is 0.191 e. The zero-order valence-electron chi connectivity index (χ0n) is 19.6. The lowest BCUT2D eigenvalue weighted by atomic mass is 10.1. The Morgan fingerprint density at radius 1 is 1.19 bits per heavy atom. The zero-order valence-corrected chi connectivity index (χ0v) is 22.0. The van der Waals surface area contributed by atoms with Crippen LogP contribution in [0.5, 0.6) is 5.75 Å². The third-order valence-corrected chi connectivity index (χ3v) is 5.66. The van der Waals surface area contributed by atoms with Crippen molar-refractivity contribution in [3.63, 3.8) is 0 Å². The minimum absolute atomic E-state index is 0. The van der Waals surface area contributed by atoms with Crippen LogP contribution in [0.2, 0.25) is 0 Å². The zero-order chi connectivity index (χ0) is 22.1. The van der Waals surface area contributed by atoms with Gasteiger partial charge < -0.3 is 25.0 Å². The molecule has 32 heavy (non-hydrogen) atoms.